The van der Waals surface area contributed by atoms with Gasteiger partial charge in [0, 0.05) is 42.3 Å². The molecule has 10 nitrogen and oxygen atoms in total. The van der Waals surface area contributed by atoms with Gasteiger partial charge in [-0.3, -0.25) is 4.68 Å². The second-order valence-corrected chi connectivity index (χ2v) is 10.3. The molecule has 1 spiro atoms. The summed E-state index contributed by atoms with van der Waals surface area (Å²) < 4.78 is 7.34. The predicted octanol–water partition coefficient (Wildman–Crippen LogP) is 3.24. The number of anilines is 2. The SMILES string of the molecule is CCOC(=O)c1nc(Sc2ccnc(N)c2Cl)c(C)nc1N1CCC2(CC1)Cn1nccc1[C@H]2N. The van der Waals surface area contributed by atoms with Crippen molar-refractivity contribution < 1.29 is 9.53 Å². The summed E-state index contributed by atoms with van der Waals surface area (Å²) >= 11 is 7.62. The molecule has 0 aliphatic carbocycles. The molecule has 0 unspecified atom stereocenters. The molecular formula is C23H27ClN8O2S. The molecule has 3 aromatic rings. The summed E-state index contributed by atoms with van der Waals surface area (Å²) in [7, 11) is 0. The lowest BCUT2D eigenvalue weighted by Crippen LogP contribution is -2.45. The van der Waals surface area contributed by atoms with Crippen molar-refractivity contribution in [3.8, 4) is 0 Å². The summed E-state index contributed by atoms with van der Waals surface area (Å²) in [6.45, 7) is 6.10. The van der Waals surface area contributed by atoms with Crippen LogP contribution in [-0.4, -0.2) is 50.4 Å². The molecule has 1 atom stereocenters. The number of halogens is 1. The Morgan fingerprint density at radius 3 is 2.77 bits per heavy atom. The Hall–Kier alpha value is -2.89. The fourth-order valence-corrected chi connectivity index (χ4v) is 5.94. The van der Waals surface area contributed by atoms with Gasteiger partial charge in [0.05, 0.1) is 29.1 Å². The molecule has 1 saturated heterocycles. The number of carbonyl (C=O) groups excluding carboxylic acids is 1. The molecule has 0 saturated carbocycles. The zero-order valence-electron chi connectivity index (χ0n) is 19.6. The molecule has 12 heteroatoms. The first kappa shape index (κ1) is 23.8. The van der Waals surface area contributed by atoms with E-state index in [-0.39, 0.29) is 29.6 Å². The molecule has 1 fully saturated rings. The lowest BCUT2D eigenvalue weighted by atomic mass is 9.73. The second-order valence-electron chi connectivity index (χ2n) is 8.86. The maximum atomic E-state index is 12.9. The Kier molecular flexibility index (Phi) is 6.32. The van der Waals surface area contributed by atoms with E-state index in [2.05, 4.69) is 20.0 Å². The fourth-order valence-electron chi connectivity index (χ4n) is 4.85. The number of hydrogen-bond acceptors (Lipinski definition) is 10. The summed E-state index contributed by atoms with van der Waals surface area (Å²) in [6.07, 6.45) is 5.11. The molecule has 2 aliphatic rings. The monoisotopic (exact) mass is 514 g/mol. The predicted molar refractivity (Wildman–Crippen MR) is 134 cm³/mol. The van der Waals surface area contributed by atoms with E-state index in [4.69, 9.17) is 32.8 Å². The molecule has 0 aromatic carbocycles. The molecule has 0 amide bonds. The minimum Gasteiger partial charge on any atom is -0.461 e. The van der Waals surface area contributed by atoms with Crippen LogP contribution >= 0.6 is 23.4 Å². The Morgan fingerprint density at radius 1 is 1.29 bits per heavy atom. The number of ether oxygens (including phenoxy) is 1. The van der Waals surface area contributed by atoms with Crippen molar-refractivity contribution in [3.63, 3.8) is 0 Å². The molecular weight excluding hydrogens is 488 g/mol. The molecule has 184 valence electrons. The van der Waals surface area contributed by atoms with Crippen LogP contribution in [0.25, 0.3) is 0 Å². The number of nitrogens with zero attached hydrogens (tertiary/aromatic N) is 6. The summed E-state index contributed by atoms with van der Waals surface area (Å²) in [6, 6.07) is 3.70. The summed E-state index contributed by atoms with van der Waals surface area (Å²) in [5, 5.41) is 5.31. The van der Waals surface area contributed by atoms with Crippen molar-refractivity contribution >= 4 is 41.0 Å². The van der Waals surface area contributed by atoms with Gasteiger partial charge >= 0.3 is 5.97 Å². The molecule has 3 aromatic heterocycles. The summed E-state index contributed by atoms with van der Waals surface area (Å²) in [4.78, 5) is 29.2. The lowest BCUT2D eigenvalue weighted by Gasteiger charge is -2.42. The van der Waals surface area contributed by atoms with E-state index in [9.17, 15) is 4.79 Å². The number of rotatable bonds is 5. The van der Waals surface area contributed by atoms with E-state index < -0.39 is 5.97 Å². The molecule has 35 heavy (non-hydrogen) atoms. The lowest BCUT2D eigenvalue weighted by molar-refractivity contribution is 0.0518. The number of hydrogen-bond donors (Lipinski definition) is 2. The normalized spacial score (nSPS) is 18.6. The maximum absolute atomic E-state index is 12.9. The average molecular weight is 515 g/mol. The van der Waals surface area contributed by atoms with Crippen LogP contribution < -0.4 is 16.4 Å². The van der Waals surface area contributed by atoms with Crippen LogP contribution in [0.1, 0.15) is 47.7 Å². The van der Waals surface area contributed by atoms with Gasteiger partial charge in [-0.1, -0.05) is 23.4 Å². The second kappa shape index (κ2) is 9.29. The van der Waals surface area contributed by atoms with Crippen molar-refractivity contribution in [2.24, 2.45) is 11.1 Å². The molecule has 4 N–H and O–H groups in total. The Bertz CT molecular complexity index is 1270. The number of aryl methyl sites for hydroxylation is 1. The largest absolute Gasteiger partial charge is 0.461 e. The first-order valence-electron chi connectivity index (χ1n) is 11.5. The number of fused-ring (bicyclic) bond motifs is 1. The third kappa shape index (κ3) is 4.21. The van der Waals surface area contributed by atoms with Crippen LogP contribution in [0.4, 0.5) is 11.6 Å². The van der Waals surface area contributed by atoms with Gasteiger partial charge in [-0.25, -0.2) is 19.7 Å². The van der Waals surface area contributed by atoms with Crippen molar-refractivity contribution in [1.29, 1.82) is 0 Å². The van der Waals surface area contributed by atoms with Gasteiger partial charge in [-0.05, 0) is 38.8 Å². The minimum atomic E-state index is -0.504. The van der Waals surface area contributed by atoms with Crippen molar-refractivity contribution in [2.45, 2.75) is 49.2 Å². The summed E-state index contributed by atoms with van der Waals surface area (Å²) in [5.74, 6) is 0.263. The number of carbonyl (C=O) groups is 1. The van der Waals surface area contributed by atoms with Crippen LogP contribution in [-0.2, 0) is 11.3 Å². The standard InChI is InChI=1S/C23H27ClN8O2S/c1-3-34-22(33)17-20(29-13(2)21(30-17)35-15-5-8-27-19(26)16(15)24)31-10-6-23(7-11-31)12-32-14(18(23)25)4-9-28-32/h4-5,8-9,18H,3,6-7,10-12,25H2,1-2H3,(H2,26,27)/t18-/m1/s1. The van der Waals surface area contributed by atoms with Gasteiger partial charge in [0.2, 0.25) is 0 Å². The van der Waals surface area contributed by atoms with Crippen molar-refractivity contribution in [2.75, 3.05) is 30.3 Å². The highest BCUT2D eigenvalue weighted by atomic mass is 35.5. The van der Waals surface area contributed by atoms with E-state index in [0.29, 0.717) is 39.5 Å². The van der Waals surface area contributed by atoms with Crippen molar-refractivity contribution in [1.82, 2.24) is 24.7 Å². The minimum absolute atomic E-state index is 0.0412. The van der Waals surface area contributed by atoms with E-state index in [1.54, 1.807) is 25.4 Å². The highest BCUT2D eigenvalue weighted by molar-refractivity contribution is 7.99. The van der Waals surface area contributed by atoms with Gasteiger partial charge < -0.3 is 21.1 Å². The third-order valence-electron chi connectivity index (χ3n) is 6.82. The Balaban J connectivity index is 1.43. The fraction of sp³-hybridized carbons (Fsp3) is 0.435. The molecule has 0 radical (unpaired) electrons. The molecule has 5 rings (SSSR count). The smallest absolute Gasteiger partial charge is 0.360 e. The van der Waals surface area contributed by atoms with Crippen molar-refractivity contribution in [3.05, 3.63) is 46.6 Å². The van der Waals surface area contributed by atoms with Gasteiger partial charge in [-0.15, -0.1) is 0 Å². The van der Waals surface area contributed by atoms with Gasteiger partial charge in [0.1, 0.15) is 10.8 Å². The molecule has 0 bridgehead atoms. The van der Waals surface area contributed by atoms with E-state index >= 15 is 0 Å². The van der Waals surface area contributed by atoms with Crippen LogP contribution in [0.5, 0.6) is 0 Å². The van der Waals surface area contributed by atoms with Crippen LogP contribution in [0, 0.1) is 12.3 Å². The van der Waals surface area contributed by atoms with E-state index in [0.717, 1.165) is 25.1 Å². The first-order chi connectivity index (χ1) is 16.8. The highest BCUT2D eigenvalue weighted by Crippen LogP contribution is 2.48. The number of nitrogens with two attached hydrogens (primary N) is 2. The molecule has 2 aliphatic heterocycles. The first-order valence-corrected chi connectivity index (χ1v) is 12.7. The highest BCUT2D eigenvalue weighted by Gasteiger charge is 2.47. The quantitative estimate of drug-likeness (QED) is 0.488. The molecule has 5 heterocycles. The zero-order chi connectivity index (χ0) is 24.7. The van der Waals surface area contributed by atoms with Crippen LogP contribution in [0.15, 0.2) is 34.4 Å². The number of aromatic nitrogens is 5. The van der Waals surface area contributed by atoms with Crippen LogP contribution in [0.3, 0.4) is 0 Å². The number of nitrogen functional groups attached to an aromatic ring is 1. The summed E-state index contributed by atoms with van der Waals surface area (Å²) in [5.41, 5.74) is 14.4. The van der Waals surface area contributed by atoms with E-state index in [1.807, 2.05) is 17.7 Å². The Labute approximate surface area is 212 Å². The topological polar surface area (TPSA) is 138 Å². The van der Waals surface area contributed by atoms with Crippen LogP contribution in [0.2, 0.25) is 5.02 Å². The maximum Gasteiger partial charge on any atom is 0.360 e. The average Bonchev–Trinajstić information content (AvgIpc) is 3.39. The van der Waals surface area contributed by atoms with E-state index in [1.165, 1.54) is 11.8 Å². The zero-order valence-corrected chi connectivity index (χ0v) is 21.1. The third-order valence-corrected chi connectivity index (χ3v) is 8.47. The van der Waals surface area contributed by atoms with Gasteiger partial charge in [-0.2, -0.15) is 5.10 Å². The van der Waals surface area contributed by atoms with Gasteiger partial charge in [0.15, 0.2) is 11.5 Å². The Morgan fingerprint density at radius 2 is 2.06 bits per heavy atom. The number of pyridine rings is 1. The number of esters is 1. The number of piperidine rings is 1. The van der Waals surface area contributed by atoms with Gasteiger partial charge in [0.25, 0.3) is 0 Å².